The van der Waals surface area contributed by atoms with Gasteiger partial charge in [-0.25, -0.2) is 0 Å². The topological polar surface area (TPSA) is 6.48 Å². The Morgan fingerprint density at radius 3 is 1.32 bits per heavy atom. The first kappa shape index (κ1) is 21.2. The smallest absolute Gasteiger partial charge is 0.0561 e. The third kappa shape index (κ3) is 4.22. The highest BCUT2D eigenvalue weighted by atomic mass is 15.4. The lowest BCUT2D eigenvalue weighted by molar-refractivity contribution is 0.0617. The molecular weight excluding hydrogens is 376 g/mol. The number of rotatable bonds is 4. The van der Waals surface area contributed by atoms with Crippen molar-refractivity contribution >= 4 is 0 Å². The third-order valence-corrected chi connectivity index (χ3v) is 8.61. The summed E-state index contributed by atoms with van der Waals surface area (Å²) in [4.78, 5) is 5.86. The maximum absolute atomic E-state index is 2.93. The summed E-state index contributed by atoms with van der Waals surface area (Å²) in [5.74, 6) is 1.58. The molecule has 0 radical (unpaired) electrons. The molecule has 0 aromatic heterocycles. The molecule has 5 rings (SSSR count). The maximum atomic E-state index is 2.93. The molecule has 2 nitrogen and oxygen atoms in total. The van der Waals surface area contributed by atoms with E-state index in [0.717, 1.165) is 18.5 Å². The molecule has 2 saturated carbocycles. The van der Waals surface area contributed by atoms with Gasteiger partial charge in [0.25, 0.3) is 0 Å². The largest absolute Gasteiger partial charge is 0.278 e. The first-order chi connectivity index (χ1) is 15.2. The SMILES string of the molecule is C[C@@H]1CCCCC1N1CN(C2CCCC[C@@H]2C)C(c2ccccc2)C1c1ccccc1. The Balaban J connectivity index is 1.59. The van der Waals surface area contributed by atoms with Crippen molar-refractivity contribution in [2.45, 2.75) is 89.4 Å². The zero-order valence-electron chi connectivity index (χ0n) is 19.5. The Morgan fingerprint density at radius 2 is 0.935 bits per heavy atom. The van der Waals surface area contributed by atoms with Crippen LogP contribution < -0.4 is 0 Å². The molecule has 0 amide bonds. The second-order valence-corrected chi connectivity index (χ2v) is 10.5. The lowest BCUT2D eigenvalue weighted by atomic mass is 9.82. The third-order valence-electron chi connectivity index (χ3n) is 8.61. The quantitative estimate of drug-likeness (QED) is 0.520. The number of hydrogen-bond donors (Lipinski definition) is 0. The average Bonchev–Trinajstić information content (AvgIpc) is 3.21. The lowest BCUT2D eigenvalue weighted by Gasteiger charge is -2.40. The Kier molecular flexibility index (Phi) is 6.48. The van der Waals surface area contributed by atoms with E-state index in [9.17, 15) is 0 Å². The van der Waals surface area contributed by atoms with Crippen LogP contribution in [0.1, 0.15) is 88.4 Å². The van der Waals surface area contributed by atoms with Gasteiger partial charge >= 0.3 is 0 Å². The van der Waals surface area contributed by atoms with Crippen LogP contribution in [-0.2, 0) is 0 Å². The summed E-state index contributed by atoms with van der Waals surface area (Å²) >= 11 is 0. The predicted octanol–water partition coefficient (Wildman–Crippen LogP) is 7.20. The minimum atomic E-state index is 0.447. The van der Waals surface area contributed by atoms with E-state index in [-0.39, 0.29) is 0 Å². The lowest BCUT2D eigenvalue weighted by Crippen LogP contribution is -2.45. The fourth-order valence-corrected chi connectivity index (χ4v) is 6.98. The Bertz CT molecular complexity index is 750. The van der Waals surface area contributed by atoms with Crippen LogP contribution in [0, 0.1) is 11.8 Å². The van der Waals surface area contributed by atoms with Crippen molar-refractivity contribution < 1.29 is 0 Å². The number of hydrogen-bond acceptors (Lipinski definition) is 2. The standard InChI is InChI=1S/C29H40N2/c1-22-13-9-11-19-26(22)30-21-31(27-20-12-10-14-23(27)2)29(25-17-7-4-8-18-25)28(30)24-15-5-3-6-16-24/h3-8,15-18,22-23,26-29H,9-14,19-21H2,1-2H3/t22-,23+,26?,27?,28?,29?. The molecule has 31 heavy (non-hydrogen) atoms. The molecule has 0 spiro atoms. The highest BCUT2D eigenvalue weighted by Crippen LogP contribution is 2.50. The van der Waals surface area contributed by atoms with Crippen molar-refractivity contribution in [3.8, 4) is 0 Å². The molecule has 2 aromatic carbocycles. The van der Waals surface area contributed by atoms with Crippen LogP contribution in [0.2, 0.25) is 0 Å². The Hall–Kier alpha value is -1.64. The van der Waals surface area contributed by atoms with Gasteiger partial charge in [-0.2, -0.15) is 0 Å². The molecule has 1 aliphatic heterocycles. The van der Waals surface area contributed by atoms with Crippen molar-refractivity contribution in [1.29, 1.82) is 0 Å². The van der Waals surface area contributed by atoms with Crippen molar-refractivity contribution in [3.05, 3.63) is 71.8 Å². The van der Waals surface area contributed by atoms with E-state index in [4.69, 9.17) is 0 Å². The Labute approximate surface area is 189 Å². The molecule has 166 valence electrons. The maximum Gasteiger partial charge on any atom is 0.0561 e. The van der Waals surface area contributed by atoms with Gasteiger partial charge in [-0.3, -0.25) is 9.80 Å². The summed E-state index contributed by atoms with van der Waals surface area (Å²) in [5, 5.41) is 0. The van der Waals surface area contributed by atoms with Gasteiger partial charge in [0.15, 0.2) is 0 Å². The van der Waals surface area contributed by atoms with Gasteiger partial charge in [0, 0.05) is 12.1 Å². The van der Waals surface area contributed by atoms with Crippen LogP contribution in [-0.4, -0.2) is 28.6 Å². The van der Waals surface area contributed by atoms with Gasteiger partial charge < -0.3 is 0 Å². The minimum absolute atomic E-state index is 0.447. The van der Waals surface area contributed by atoms with Gasteiger partial charge in [-0.15, -0.1) is 0 Å². The van der Waals surface area contributed by atoms with Gasteiger partial charge in [0.05, 0.1) is 18.8 Å². The summed E-state index contributed by atoms with van der Waals surface area (Å²) < 4.78 is 0. The second kappa shape index (κ2) is 9.46. The molecule has 1 saturated heterocycles. The van der Waals surface area contributed by atoms with Crippen LogP contribution in [0.15, 0.2) is 60.7 Å². The van der Waals surface area contributed by atoms with Crippen LogP contribution in [0.5, 0.6) is 0 Å². The van der Waals surface area contributed by atoms with E-state index < -0.39 is 0 Å². The molecule has 2 heteroatoms. The first-order valence-corrected chi connectivity index (χ1v) is 12.9. The van der Waals surface area contributed by atoms with E-state index in [1.165, 1.54) is 62.5 Å². The van der Waals surface area contributed by atoms with Crippen molar-refractivity contribution in [3.63, 3.8) is 0 Å². The molecule has 2 aliphatic carbocycles. The van der Waals surface area contributed by atoms with Gasteiger partial charge in [-0.05, 0) is 48.6 Å². The summed E-state index contributed by atoms with van der Waals surface area (Å²) in [6.07, 6.45) is 11.1. The van der Waals surface area contributed by atoms with Gasteiger partial charge in [0.2, 0.25) is 0 Å². The normalized spacial score (nSPS) is 35.3. The summed E-state index contributed by atoms with van der Waals surface area (Å²) in [6, 6.07) is 25.1. The van der Waals surface area contributed by atoms with Crippen molar-refractivity contribution in [2.75, 3.05) is 6.67 Å². The van der Waals surface area contributed by atoms with Crippen LogP contribution >= 0.6 is 0 Å². The highest BCUT2D eigenvalue weighted by Gasteiger charge is 2.48. The van der Waals surface area contributed by atoms with E-state index in [1.807, 2.05) is 0 Å². The molecule has 6 atom stereocenters. The molecule has 0 N–H and O–H groups in total. The van der Waals surface area contributed by atoms with Crippen LogP contribution in [0.25, 0.3) is 0 Å². The van der Waals surface area contributed by atoms with E-state index >= 15 is 0 Å². The molecule has 1 heterocycles. The summed E-state index contributed by atoms with van der Waals surface area (Å²) in [5.41, 5.74) is 3.00. The predicted molar refractivity (Wildman–Crippen MR) is 130 cm³/mol. The number of nitrogens with zero attached hydrogens (tertiary/aromatic N) is 2. The molecule has 4 unspecified atom stereocenters. The molecule has 2 aromatic rings. The van der Waals surface area contributed by atoms with Crippen LogP contribution in [0.3, 0.4) is 0 Å². The zero-order valence-corrected chi connectivity index (χ0v) is 19.5. The van der Waals surface area contributed by atoms with E-state index in [1.54, 1.807) is 0 Å². The molecule has 0 bridgehead atoms. The monoisotopic (exact) mass is 416 g/mol. The van der Waals surface area contributed by atoms with Crippen molar-refractivity contribution in [2.24, 2.45) is 11.8 Å². The molecule has 3 aliphatic rings. The van der Waals surface area contributed by atoms with E-state index in [0.29, 0.717) is 24.2 Å². The average molecular weight is 417 g/mol. The highest BCUT2D eigenvalue weighted by molar-refractivity contribution is 5.30. The summed E-state index contributed by atoms with van der Waals surface area (Å²) in [6.45, 7) is 6.15. The zero-order chi connectivity index (χ0) is 21.2. The van der Waals surface area contributed by atoms with E-state index in [2.05, 4.69) is 84.3 Å². The number of benzene rings is 2. The van der Waals surface area contributed by atoms with Gasteiger partial charge in [-0.1, -0.05) is 100 Å². The summed E-state index contributed by atoms with van der Waals surface area (Å²) in [7, 11) is 0. The minimum Gasteiger partial charge on any atom is -0.278 e. The van der Waals surface area contributed by atoms with Crippen molar-refractivity contribution in [1.82, 2.24) is 9.80 Å². The fraction of sp³-hybridized carbons (Fsp3) is 0.586. The Morgan fingerprint density at radius 1 is 0.548 bits per heavy atom. The second-order valence-electron chi connectivity index (χ2n) is 10.5. The van der Waals surface area contributed by atoms with Gasteiger partial charge in [0.1, 0.15) is 0 Å². The first-order valence-electron chi connectivity index (χ1n) is 12.9. The molecular formula is C29H40N2. The van der Waals surface area contributed by atoms with Crippen LogP contribution in [0.4, 0.5) is 0 Å². The molecule has 3 fully saturated rings. The fourth-order valence-electron chi connectivity index (χ4n) is 6.98.